The molecule has 0 saturated carbocycles. The Kier molecular flexibility index (Phi) is 1.89. The zero-order valence-electron chi connectivity index (χ0n) is 5.72. The zero-order valence-corrected chi connectivity index (χ0v) is 5.72. The Morgan fingerprint density at radius 2 is 2.56 bits per heavy atom. The normalized spacial score (nSPS) is 26.7. The fourth-order valence-electron chi connectivity index (χ4n) is 1.19. The maximum absolute atomic E-state index is 8.49. The fraction of sp³-hybridized carbons (Fsp3) is 0.625. The molecule has 1 aliphatic rings. The molecular weight excluding hydrogens is 110 g/mol. The number of hydrogen-bond donors (Lipinski definition) is 0. The van der Waals surface area contributed by atoms with Crippen molar-refractivity contribution in [3.05, 3.63) is 11.6 Å². The Bertz CT molecular complexity index is 162. The molecule has 9 heavy (non-hydrogen) atoms. The first-order chi connectivity index (χ1) is 4.33. The molecule has 0 aromatic rings. The van der Waals surface area contributed by atoms with Gasteiger partial charge in [0.05, 0.1) is 6.07 Å². The topological polar surface area (TPSA) is 23.8 Å². The molecule has 0 N–H and O–H groups in total. The van der Waals surface area contributed by atoms with Crippen molar-refractivity contribution >= 4 is 0 Å². The van der Waals surface area contributed by atoms with E-state index in [1.807, 2.05) is 0 Å². The van der Waals surface area contributed by atoms with E-state index in [9.17, 15) is 0 Å². The van der Waals surface area contributed by atoms with E-state index < -0.39 is 0 Å². The Morgan fingerprint density at radius 1 is 1.78 bits per heavy atom. The summed E-state index contributed by atoms with van der Waals surface area (Å²) in [6, 6.07) is 2.20. The van der Waals surface area contributed by atoms with Gasteiger partial charge in [-0.2, -0.15) is 5.26 Å². The van der Waals surface area contributed by atoms with Gasteiger partial charge in [0.1, 0.15) is 0 Å². The van der Waals surface area contributed by atoms with Crippen molar-refractivity contribution in [3.8, 4) is 6.07 Å². The van der Waals surface area contributed by atoms with Crippen LogP contribution in [0.5, 0.6) is 0 Å². The lowest BCUT2D eigenvalue weighted by atomic mass is 9.91. The molecule has 0 spiro atoms. The third-order valence-electron chi connectivity index (χ3n) is 1.76. The van der Waals surface area contributed by atoms with Crippen LogP contribution in [0, 0.1) is 17.2 Å². The van der Waals surface area contributed by atoms with Gasteiger partial charge < -0.3 is 0 Å². The lowest BCUT2D eigenvalue weighted by Gasteiger charge is -2.13. The first kappa shape index (κ1) is 6.35. The Hall–Kier alpha value is -0.770. The minimum atomic E-state index is 0.727. The predicted molar refractivity (Wildman–Crippen MR) is 36.7 cm³/mol. The second-order valence-electron chi connectivity index (χ2n) is 2.73. The first-order valence-corrected chi connectivity index (χ1v) is 3.42. The van der Waals surface area contributed by atoms with Crippen LogP contribution in [0.3, 0.4) is 0 Å². The Balaban J connectivity index is 2.56. The van der Waals surface area contributed by atoms with E-state index in [4.69, 9.17) is 5.26 Å². The Labute approximate surface area is 56.0 Å². The minimum absolute atomic E-state index is 0.727. The highest BCUT2D eigenvalue weighted by Crippen LogP contribution is 2.22. The molecule has 1 nitrogen and oxygen atoms in total. The Morgan fingerprint density at radius 3 is 3.00 bits per heavy atom. The zero-order chi connectivity index (χ0) is 6.69. The smallest absolute Gasteiger partial charge is 0.0943 e. The van der Waals surface area contributed by atoms with Crippen molar-refractivity contribution in [3.63, 3.8) is 0 Å². The molecule has 1 atom stereocenters. The molecule has 0 aromatic heterocycles. The van der Waals surface area contributed by atoms with Crippen molar-refractivity contribution in [2.75, 3.05) is 0 Å². The van der Waals surface area contributed by atoms with Gasteiger partial charge in [0, 0.05) is 5.57 Å². The number of nitrogens with zero attached hydrogens (tertiary/aromatic N) is 1. The van der Waals surface area contributed by atoms with Gasteiger partial charge in [-0.15, -0.1) is 0 Å². The molecule has 48 valence electrons. The molecule has 0 radical (unpaired) electrons. The standard InChI is InChI=1S/C8H11N/c1-7-3-2-4-8(5-7)6-9/h4,7H,2-3,5H2,1H3. The van der Waals surface area contributed by atoms with E-state index in [1.54, 1.807) is 0 Å². The van der Waals surface area contributed by atoms with E-state index in [1.165, 1.54) is 6.42 Å². The van der Waals surface area contributed by atoms with Crippen molar-refractivity contribution in [2.24, 2.45) is 5.92 Å². The highest BCUT2D eigenvalue weighted by Gasteiger charge is 2.09. The van der Waals surface area contributed by atoms with Gasteiger partial charge in [-0.3, -0.25) is 0 Å². The van der Waals surface area contributed by atoms with E-state index in [0.29, 0.717) is 0 Å². The largest absolute Gasteiger partial charge is 0.193 e. The van der Waals surface area contributed by atoms with Gasteiger partial charge in [0.2, 0.25) is 0 Å². The van der Waals surface area contributed by atoms with Crippen LogP contribution in [0.4, 0.5) is 0 Å². The minimum Gasteiger partial charge on any atom is -0.193 e. The van der Waals surface area contributed by atoms with Crippen LogP contribution in [-0.4, -0.2) is 0 Å². The van der Waals surface area contributed by atoms with Crippen LogP contribution in [0.1, 0.15) is 26.2 Å². The molecule has 0 heterocycles. The van der Waals surface area contributed by atoms with Crippen molar-refractivity contribution in [2.45, 2.75) is 26.2 Å². The molecule has 0 aliphatic heterocycles. The average molecular weight is 121 g/mol. The van der Waals surface area contributed by atoms with Crippen LogP contribution < -0.4 is 0 Å². The third-order valence-corrected chi connectivity index (χ3v) is 1.76. The maximum atomic E-state index is 8.49. The van der Waals surface area contributed by atoms with Gasteiger partial charge in [-0.1, -0.05) is 13.0 Å². The van der Waals surface area contributed by atoms with Crippen LogP contribution in [0.25, 0.3) is 0 Å². The number of rotatable bonds is 0. The summed E-state index contributed by atoms with van der Waals surface area (Å²) in [5.74, 6) is 0.727. The second kappa shape index (κ2) is 2.68. The summed E-state index contributed by atoms with van der Waals surface area (Å²) in [4.78, 5) is 0. The summed E-state index contributed by atoms with van der Waals surface area (Å²) in [7, 11) is 0. The summed E-state index contributed by atoms with van der Waals surface area (Å²) in [6.45, 7) is 2.20. The quantitative estimate of drug-likeness (QED) is 0.482. The van der Waals surface area contributed by atoms with Crippen molar-refractivity contribution in [1.82, 2.24) is 0 Å². The number of hydrogen-bond acceptors (Lipinski definition) is 1. The molecule has 1 heteroatoms. The lowest BCUT2D eigenvalue weighted by molar-refractivity contribution is 0.517. The van der Waals surface area contributed by atoms with Gasteiger partial charge in [0.15, 0.2) is 0 Å². The maximum Gasteiger partial charge on any atom is 0.0943 e. The molecule has 1 aliphatic carbocycles. The lowest BCUT2D eigenvalue weighted by Crippen LogP contribution is -2.00. The number of allylic oxidation sites excluding steroid dienone is 2. The van der Waals surface area contributed by atoms with Gasteiger partial charge in [0.25, 0.3) is 0 Å². The van der Waals surface area contributed by atoms with Crippen LogP contribution >= 0.6 is 0 Å². The first-order valence-electron chi connectivity index (χ1n) is 3.42. The molecule has 1 unspecified atom stereocenters. The summed E-state index contributed by atoms with van der Waals surface area (Å²) in [5, 5.41) is 8.49. The number of nitriles is 1. The molecule has 1 rings (SSSR count). The molecule has 0 fully saturated rings. The van der Waals surface area contributed by atoms with Crippen molar-refractivity contribution in [1.29, 1.82) is 5.26 Å². The van der Waals surface area contributed by atoms with Crippen LogP contribution in [-0.2, 0) is 0 Å². The van der Waals surface area contributed by atoms with Crippen LogP contribution in [0.2, 0.25) is 0 Å². The molecule has 0 amide bonds. The summed E-state index contributed by atoms with van der Waals surface area (Å²) in [6.07, 6.45) is 5.41. The van der Waals surface area contributed by atoms with Crippen LogP contribution in [0.15, 0.2) is 11.6 Å². The molecular formula is C8H11N. The molecule has 0 bridgehead atoms. The van der Waals surface area contributed by atoms with Crippen molar-refractivity contribution < 1.29 is 0 Å². The highest BCUT2D eigenvalue weighted by molar-refractivity contribution is 5.22. The van der Waals surface area contributed by atoms with Gasteiger partial charge in [-0.05, 0) is 25.2 Å². The van der Waals surface area contributed by atoms with E-state index in [0.717, 1.165) is 24.3 Å². The second-order valence-corrected chi connectivity index (χ2v) is 2.73. The van der Waals surface area contributed by atoms with E-state index in [-0.39, 0.29) is 0 Å². The van der Waals surface area contributed by atoms with Gasteiger partial charge in [-0.25, -0.2) is 0 Å². The predicted octanol–water partition coefficient (Wildman–Crippen LogP) is 2.26. The SMILES string of the molecule is CC1CCC=C(C#N)C1. The average Bonchev–Trinajstić information content (AvgIpc) is 1.88. The monoisotopic (exact) mass is 121 g/mol. The summed E-state index contributed by atoms with van der Waals surface area (Å²) >= 11 is 0. The summed E-state index contributed by atoms with van der Waals surface area (Å²) in [5.41, 5.74) is 0.980. The molecule has 0 aromatic carbocycles. The fourth-order valence-corrected chi connectivity index (χ4v) is 1.19. The van der Waals surface area contributed by atoms with E-state index >= 15 is 0 Å². The van der Waals surface area contributed by atoms with Gasteiger partial charge >= 0.3 is 0 Å². The molecule has 0 saturated heterocycles. The van der Waals surface area contributed by atoms with E-state index in [2.05, 4.69) is 19.1 Å². The summed E-state index contributed by atoms with van der Waals surface area (Å²) < 4.78 is 0. The highest BCUT2D eigenvalue weighted by atomic mass is 14.3. The third kappa shape index (κ3) is 1.57.